The minimum Gasteiger partial charge on any atom is -0.317 e. The molecule has 0 aromatic rings. The Morgan fingerprint density at radius 3 is 2.60 bits per heavy atom. The smallest absolute Gasteiger partial charge is 0.150 e. The van der Waals surface area contributed by atoms with Crippen LogP contribution in [-0.4, -0.2) is 33.0 Å². The maximum Gasteiger partial charge on any atom is 0.150 e. The molecule has 0 aromatic heterocycles. The summed E-state index contributed by atoms with van der Waals surface area (Å²) in [6.45, 7) is 1.72. The summed E-state index contributed by atoms with van der Waals surface area (Å²) >= 11 is 0. The lowest BCUT2D eigenvalue weighted by atomic mass is 10.0. The average Bonchev–Trinajstić information content (AvgIpc) is 2.66. The summed E-state index contributed by atoms with van der Waals surface area (Å²) in [7, 11) is -0.737. The van der Waals surface area contributed by atoms with Crippen molar-refractivity contribution in [3.63, 3.8) is 0 Å². The number of hydrogen-bond donors (Lipinski definition) is 1. The normalized spacial score (nSPS) is 27.1. The topological polar surface area (TPSA) is 46.2 Å². The molecule has 0 aliphatic heterocycles. The van der Waals surface area contributed by atoms with E-state index in [1.54, 1.807) is 6.92 Å². The molecule has 0 saturated heterocycles. The fraction of sp³-hybridized carbons (Fsp3) is 1.00. The molecule has 1 saturated carbocycles. The Morgan fingerprint density at radius 2 is 2.07 bits per heavy atom. The van der Waals surface area contributed by atoms with Crippen LogP contribution in [0.15, 0.2) is 0 Å². The summed E-state index contributed by atoms with van der Waals surface area (Å²) in [5.41, 5.74) is 0. The molecule has 90 valence electrons. The highest BCUT2D eigenvalue weighted by atomic mass is 32.2. The Bertz CT molecular complexity index is 274. The summed E-state index contributed by atoms with van der Waals surface area (Å²) in [6.07, 6.45) is 5.66. The highest BCUT2D eigenvalue weighted by Crippen LogP contribution is 2.29. The van der Waals surface area contributed by atoms with Crippen molar-refractivity contribution < 1.29 is 8.42 Å². The van der Waals surface area contributed by atoms with Crippen LogP contribution in [0.3, 0.4) is 0 Å². The van der Waals surface area contributed by atoms with E-state index in [0.29, 0.717) is 11.8 Å². The summed E-state index contributed by atoms with van der Waals surface area (Å²) < 4.78 is 22.6. The second-order valence-corrected chi connectivity index (χ2v) is 7.02. The first-order valence-corrected chi connectivity index (χ1v) is 7.77. The first kappa shape index (κ1) is 13.0. The van der Waals surface area contributed by atoms with Crippen LogP contribution in [0.1, 0.15) is 39.0 Å². The minimum atomic E-state index is -2.75. The highest BCUT2D eigenvalue weighted by Gasteiger charge is 2.23. The van der Waals surface area contributed by atoms with E-state index in [4.69, 9.17) is 0 Å². The van der Waals surface area contributed by atoms with Crippen molar-refractivity contribution in [2.75, 3.05) is 18.6 Å². The van der Waals surface area contributed by atoms with Gasteiger partial charge in [-0.3, -0.25) is 0 Å². The second-order valence-electron chi connectivity index (χ2n) is 4.54. The molecule has 1 N–H and O–H groups in total. The molecule has 0 bridgehead atoms. The zero-order chi connectivity index (χ0) is 11.3. The van der Waals surface area contributed by atoms with Crippen molar-refractivity contribution in [1.29, 1.82) is 0 Å². The van der Waals surface area contributed by atoms with E-state index in [2.05, 4.69) is 5.32 Å². The molecule has 0 aromatic carbocycles. The fourth-order valence-electron chi connectivity index (χ4n) is 2.34. The number of rotatable bonds is 6. The van der Waals surface area contributed by atoms with Gasteiger partial charge in [0.2, 0.25) is 0 Å². The first-order valence-electron chi connectivity index (χ1n) is 5.95. The third-order valence-corrected chi connectivity index (χ3v) is 5.25. The van der Waals surface area contributed by atoms with Gasteiger partial charge in [0.05, 0.1) is 5.75 Å². The Labute approximate surface area is 93.6 Å². The summed E-state index contributed by atoms with van der Waals surface area (Å²) in [5.74, 6) is 1.41. The standard InChI is InChI=1S/C11H23NO2S/c1-3-15(13,14)8-4-5-10-6-7-11(9-10)12-2/h10-12H,3-9H2,1-2H3. The van der Waals surface area contributed by atoms with Crippen LogP contribution in [0, 0.1) is 5.92 Å². The summed E-state index contributed by atoms with van der Waals surface area (Å²) in [6, 6.07) is 0.665. The molecule has 0 amide bonds. The molecule has 1 rings (SSSR count). The predicted molar refractivity (Wildman–Crippen MR) is 63.8 cm³/mol. The monoisotopic (exact) mass is 233 g/mol. The largest absolute Gasteiger partial charge is 0.317 e. The van der Waals surface area contributed by atoms with Crippen molar-refractivity contribution in [3.8, 4) is 0 Å². The minimum absolute atomic E-state index is 0.288. The molecule has 2 unspecified atom stereocenters. The van der Waals surface area contributed by atoms with Gasteiger partial charge in [-0.2, -0.15) is 0 Å². The van der Waals surface area contributed by atoms with Crippen LogP contribution in [0.2, 0.25) is 0 Å². The molecule has 15 heavy (non-hydrogen) atoms. The second kappa shape index (κ2) is 5.85. The van der Waals surface area contributed by atoms with Crippen LogP contribution in [0.5, 0.6) is 0 Å². The van der Waals surface area contributed by atoms with Crippen LogP contribution in [0.25, 0.3) is 0 Å². The van der Waals surface area contributed by atoms with Gasteiger partial charge in [0.1, 0.15) is 9.84 Å². The van der Waals surface area contributed by atoms with Gasteiger partial charge in [0.25, 0.3) is 0 Å². The van der Waals surface area contributed by atoms with Crippen molar-refractivity contribution in [1.82, 2.24) is 5.32 Å². The van der Waals surface area contributed by atoms with Gasteiger partial charge < -0.3 is 5.32 Å². The van der Waals surface area contributed by atoms with Crippen LogP contribution < -0.4 is 5.32 Å². The predicted octanol–water partition coefficient (Wildman–Crippen LogP) is 1.59. The quantitative estimate of drug-likeness (QED) is 0.758. The Hall–Kier alpha value is -0.0900. The third kappa shape index (κ3) is 4.51. The molecular weight excluding hydrogens is 210 g/mol. The third-order valence-electron chi connectivity index (χ3n) is 3.46. The van der Waals surface area contributed by atoms with Gasteiger partial charge >= 0.3 is 0 Å². The summed E-state index contributed by atoms with van der Waals surface area (Å²) in [5, 5.41) is 3.29. The van der Waals surface area contributed by atoms with Crippen molar-refractivity contribution in [3.05, 3.63) is 0 Å². The van der Waals surface area contributed by atoms with Gasteiger partial charge in [0, 0.05) is 11.8 Å². The molecule has 0 heterocycles. The molecule has 1 fully saturated rings. The van der Waals surface area contributed by atoms with E-state index in [1.807, 2.05) is 7.05 Å². The maximum atomic E-state index is 11.3. The Kier molecular flexibility index (Phi) is 5.06. The zero-order valence-electron chi connectivity index (χ0n) is 9.83. The molecule has 1 aliphatic carbocycles. The number of hydrogen-bond acceptors (Lipinski definition) is 3. The van der Waals surface area contributed by atoms with Gasteiger partial charge in [-0.05, 0) is 45.1 Å². The van der Waals surface area contributed by atoms with Crippen LogP contribution in [0.4, 0.5) is 0 Å². The number of nitrogens with one attached hydrogen (secondary N) is 1. The van der Waals surface area contributed by atoms with Crippen LogP contribution in [-0.2, 0) is 9.84 Å². The van der Waals surface area contributed by atoms with Gasteiger partial charge in [-0.25, -0.2) is 8.42 Å². The fourth-order valence-corrected chi connectivity index (χ4v) is 3.23. The van der Waals surface area contributed by atoms with Gasteiger partial charge in [-0.15, -0.1) is 0 Å². The molecule has 4 heteroatoms. The lowest BCUT2D eigenvalue weighted by Gasteiger charge is -2.10. The maximum absolute atomic E-state index is 11.3. The lowest BCUT2D eigenvalue weighted by Crippen LogP contribution is -2.21. The Morgan fingerprint density at radius 1 is 1.33 bits per heavy atom. The average molecular weight is 233 g/mol. The lowest BCUT2D eigenvalue weighted by molar-refractivity contribution is 0.473. The molecule has 0 radical (unpaired) electrons. The van der Waals surface area contributed by atoms with Crippen molar-refractivity contribution in [2.45, 2.75) is 45.1 Å². The van der Waals surface area contributed by atoms with E-state index in [9.17, 15) is 8.42 Å². The zero-order valence-corrected chi connectivity index (χ0v) is 10.6. The SMILES string of the molecule is CCS(=O)(=O)CCCC1CCC(NC)C1. The highest BCUT2D eigenvalue weighted by molar-refractivity contribution is 7.91. The molecule has 2 atom stereocenters. The van der Waals surface area contributed by atoms with E-state index < -0.39 is 9.84 Å². The van der Waals surface area contributed by atoms with Crippen LogP contribution >= 0.6 is 0 Å². The van der Waals surface area contributed by atoms with E-state index in [1.165, 1.54) is 19.3 Å². The molecular formula is C11H23NO2S. The molecule has 1 aliphatic rings. The van der Waals surface area contributed by atoms with E-state index in [0.717, 1.165) is 18.8 Å². The first-order chi connectivity index (χ1) is 7.07. The molecule has 3 nitrogen and oxygen atoms in total. The molecule has 0 spiro atoms. The van der Waals surface area contributed by atoms with Crippen molar-refractivity contribution >= 4 is 9.84 Å². The summed E-state index contributed by atoms with van der Waals surface area (Å²) in [4.78, 5) is 0. The van der Waals surface area contributed by atoms with E-state index in [-0.39, 0.29) is 5.75 Å². The van der Waals surface area contributed by atoms with Crippen molar-refractivity contribution in [2.24, 2.45) is 5.92 Å². The van der Waals surface area contributed by atoms with E-state index >= 15 is 0 Å². The van der Waals surface area contributed by atoms with Gasteiger partial charge in [0.15, 0.2) is 0 Å². The van der Waals surface area contributed by atoms with Gasteiger partial charge in [-0.1, -0.05) is 6.92 Å². The Balaban J connectivity index is 2.17. The number of sulfone groups is 1.